The predicted octanol–water partition coefficient (Wildman–Crippen LogP) is 3.37. The van der Waals surface area contributed by atoms with Gasteiger partial charge in [0.25, 0.3) is 5.91 Å². The van der Waals surface area contributed by atoms with Crippen LogP contribution in [-0.2, 0) is 0 Å². The number of amides is 1. The van der Waals surface area contributed by atoms with Crippen LogP contribution in [0.3, 0.4) is 0 Å². The van der Waals surface area contributed by atoms with Crippen LogP contribution in [-0.4, -0.2) is 28.5 Å². The Morgan fingerprint density at radius 3 is 2.17 bits per heavy atom. The van der Waals surface area contributed by atoms with Crippen LogP contribution < -0.4 is 4.90 Å². The van der Waals surface area contributed by atoms with Crippen LogP contribution in [0.15, 0.2) is 30.3 Å². The summed E-state index contributed by atoms with van der Waals surface area (Å²) >= 11 is 0. The summed E-state index contributed by atoms with van der Waals surface area (Å²) in [6.07, 6.45) is 0. The van der Waals surface area contributed by atoms with E-state index in [1.165, 1.54) is 12.1 Å². The summed E-state index contributed by atoms with van der Waals surface area (Å²) in [5.74, 6) is -1.28. The standard InChI is InChI=1S/C18H20N2O3/c1-5-20(14-9-11(2)8-12(3)10-14)17(21)16-7-6-15(18(22)23)13(4)19-16/h6-10H,5H2,1-4H3,(H,22,23). The third-order valence-corrected chi connectivity index (χ3v) is 3.61. The van der Waals surface area contributed by atoms with Crippen molar-refractivity contribution in [1.29, 1.82) is 0 Å². The molecule has 0 bridgehead atoms. The second kappa shape index (κ2) is 6.60. The highest BCUT2D eigenvalue weighted by Crippen LogP contribution is 2.21. The summed E-state index contributed by atoms with van der Waals surface area (Å²) in [5.41, 5.74) is 3.66. The van der Waals surface area contributed by atoms with Crippen LogP contribution in [0.2, 0.25) is 0 Å². The highest BCUT2D eigenvalue weighted by atomic mass is 16.4. The SMILES string of the molecule is CCN(C(=O)c1ccc(C(=O)O)c(C)n1)c1cc(C)cc(C)c1. The number of aromatic carboxylic acids is 1. The lowest BCUT2D eigenvalue weighted by atomic mass is 10.1. The molecule has 0 fully saturated rings. The molecule has 0 saturated heterocycles. The van der Waals surface area contributed by atoms with Gasteiger partial charge in [0.1, 0.15) is 5.69 Å². The molecule has 2 aromatic rings. The summed E-state index contributed by atoms with van der Waals surface area (Å²) in [6.45, 7) is 7.96. The van der Waals surface area contributed by atoms with Gasteiger partial charge in [0.05, 0.1) is 11.3 Å². The van der Waals surface area contributed by atoms with Gasteiger partial charge >= 0.3 is 5.97 Å². The first-order valence-electron chi connectivity index (χ1n) is 7.44. The van der Waals surface area contributed by atoms with E-state index < -0.39 is 5.97 Å². The zero-order valence-electron chi connectivity index (χ0n) is 13.8. The van der Waals surface area contributed by atoms with E-state index in [4.69, 9.17) is 5.11 Å². The Morgan fingerprint density at radius 1 is 1.09 bits per heavy atom. The molecule has 0 spiro atoms. The summed E-state index contributed by atoms with van der Waals surface area (Å²) < 4.78 is 0. The lowest BCUT2D eigenvalue weighted by Gasteiger charge is -2.22. The molecule has 5 heteroatoms. The van der Waals surface area contributed by atoms with Crippen molar-refractivity contribution >= 4 is 17.6 Å². The smallest absolute Gasteiger partial charge is 0.337 e. The number of carbonyl (C=O) groups is 2. The Labute approximate surface area is 135 Å². The number of hydrogen-bond donors (Lipinski definition) is 1. The van der Waals surface area contributed by atoms with Crippen molar-refractivity contribution in [2.24, 2.45) is 0 Å². The van der Waals surface area contributed by atoms with Gasteiger partial charge in [-0.05, 0) is 63.1 Å². The lowest BCUT2D eigenvalue weighted by Crippen LogP contribution is -2.31. The number of hydrogen-bond acceptors (Lipinski definition) is 3. The lowest BCUT2D eigenvalue weighted by molar-refractivity contribution is 0.0695. The summed E-state index contributed by atoms with van der Waals surface area (Å²) in [5, 5.41) is 9.05. The zero-order valence-corrected chi connectivity index (χ0v) is 13.8. The van der Waals surface area contributed by atoms with Gasteiger partial charge in [-0.3, -0.25) is 4.79 Å². The van der Waals surface area contributed by atoms with Crippen molar-refractivity contribution in [3.05, 3.63) is 58.4 Å². The quantitative estimate of drug-likeness (QED) is 0.939. The molecule has 0 aliphatic rings. The fraction of sp³-hybridized carbons (Fsp3) is 0.278. The number of carboxylic acid groups (broad SMARTS) is 1. The van der Waals surface area contributed by atoms with Crippen molar-refractivity contribution in [2.75, 3.05) is 11.4 Å². The number of benzene rings is 1. The average Bonchev–Trinajstić information content (AvgIpc) is 2.46. The van der Waals surface area contributed by atoms with Gasteiger partial charge in [0.15, 0.2) is 0 Å². The van der Waals surface area contributed by atoms with Gasteiger partial charge in [0.2, 0.25) is 0 Å². The van der Waals surface area contributed by atoms with Gasteiger partial charge in [0, 0.05) is 12.2 Å². The Hall–Kier alpha value is -2.69. The maximum atomic E-state index is 12.7. The first kappa shape index (κ1) is 16.7. The molecule has 1 aromatic heterocycles. The van der Waals surface area contributed by atoms with Crippen molar-refractivity contribution in [1.82, 2.24) is 4.98 Å². The van der Waals surface area contributed by atoms with E-state index in [2.05, 4.69) is 4.98 Å². The van der Waals surface area contributed by atoms with E-state index in [1.807, 2.05) is 39.0 Å². The number of aromatic nitrogens is 1. The highest BCUT2D eigenvalue weighted by molar-refractivity contribution is 6.05. The molecule has 1 aromatic carbocycles. The number of rotatable bonds is 4. The molecule has 0 saturated carbocycles. The molecule has 0 unspecified atom stereocenters. The molecule has 1 heterocycles. The van der Waals surface area contributed by atoms with Gasteiger partial charge in [-0.2, -0.15) is 0 Å². The fourth-order valence-corrected chi connectivity index (χ4v) is 2.59. The molecular weight excluding hydrogens is 292 g/mol. The fourth-order valence-electron chi connectivity index (χ4n) is 2.59. The summed E-state index contributed by atoms with van der Waals surface area (Å²) in [7, 11) is 0. The minimum atomic E-state index is -1.05. The molecule has 23 heavy (non-hydrogen) atoms. The molecule has 1 N–H and O–H groups in total. The Kier molecular flexibility index (Phi) is 4.79. The second-order valence-electron chi connectivity index (χ2n) is 5.53. The van der Waals surface area contributed by atoms with Gasteiger partial charge < -0.3 is 10.0 Å². The Balaban J connectivity index is 2.40. The highest BCUT2D eigenvalue weighted by Gasteiger charge is 2.19. The number of pyridine rings is 1. The maximum absolute atomic E-state index is 12.7. The predicted molar refractivity (Wildman–Crippen MR) is 89.2 cm³/mol. The molecule has 120 valence electrons. The van der Waals surface area contributed by atoms with Crippen molar-refractivity contribution in [3.8, 4) is 0 Å². The number of aryl methyl sites for hydroxylation is 3. The van der Waals surface area contributed by atoms with Gasteiger partial charge in [-0.15, -0.1) is 0 Å². The van der Waals surface area contributed by atoms with E-state index in [9.17, 15) is 9.59 Å². The van der Waals surface area contributed by atoms with Crippen LogP contribution in [0.1, 0.15) is 44.6 Å². The first-order valence-corrected chi connectivity index (χ1v) is 7.44. The van der Waals surface area contributed by atoms with E-state index in [0.29, 0.717) is 12.2 Å². The maximum Gasteiger partial charge on any atom is 0.337 e. The third-order valence-electron chi connectivity index (χ3n) is 3.61. The normalized spacial score (nSPS) is 10.4. The number of anilines is 1. The molecule has 1 amide bonds. The molecule has 0 atom stereocenters. The third kappa shape index (κ3) is 3.56. The number of carbonyl (C=O) groups excluding carboxylic acids is 1. The molecular formula is C18H20N2O3. The molecule has 5 nitrogen and oxygen atoms in total. The topological polar surface area (TPSA) is 70.5 Å². The second-order valence-corrected chi connectivity index (χ2v) is 5.53. The van der Waals surface area contributed by atoms with E-state index in [-0.39, 0.29) is 17.2 Å². The Morgan fingerprint density at radius 2 is 1.70 bits per heavy atom. The molecule has 0 radical (unpaired) electrons. The van der Waals surface area contributed by atoms with Crippen LogP contribution in [0.5, 0.6) is 0 Å². The number of nitrogens with zero attached hydrogens (tertiary/aromatic N) is 2. The van der Waals surface area contributed by atoms with Crippen LogP contribution in [0.4, 0.5) is 5.69 Å². The molecule has 0 aliphatic heterocycles. The van der Waals surface area contributed by atoms with E-state index in [1.54, 1.807) is 11.8 Å². The van der Waals surface area contributed by atoms with Crippen LogP contribution >= 0.6 is 0 Å². The van der Waals surface area contributed by atoms with Gasteiger partial charge in [-0.25, -0.2) is 9.78 Å². The van der Waals surface area contributed by atoms with Gasteiger partial charge in [-0.1, -0.05) is 6.07 Å². The minimum Gasteiger partial charge on any atom is -0.478 e. The van der Waals surface area contributed by atoms with E-state index >= 15 is 0 Å². The largest absolute Gasteiger partial charge is 0.478 e. The molecule has 2 rings (SSSR count). The first-order chi connectivity index (χ1) is 10.8. The summed E-state index contributed by atoms with van der Waals surface area (Å²) in [6, 6.07) is 8.84. The van der Waals surface area contributed by atoms with Crippen LogP contribution in [0.25, 0.3) is 0 Å². The minimum absolute atomic E-state index is 0.107. The average molecular weight is 312 g/mol. The van der Waals surface area contributed by atoms with Crippen molar-refractivity contribution in [2.45, 2.75) is 27.7 Å². The zero-order chi connectivity index (χ0) is 17.1. The summed E-state index contributed by atoms with van der Waals surface area (Å²) in [4.78, 5) is 29.6. The van der Waals surface area contributed by atoms with Crippen molar-refractivity contribution in [3.63, 3.8) is 0 Å². The van der Waals surface area contributed by atoms with Crippen molar-refractivity contribution < 1.29 is 14.7 Å². The number of carboxylic acids is 1. The van der Waals surface area contributed by atoms with E-state index in [0.717, 1.165) is 16.8 Å². The molecule has 0 aliphatic carbocycles. The van der Waals surface area contributed by atoms with Crippen LogP contribution in [0, 0.1) is 20.8 Å². The monoisotopic (exact) mass is 312 g/mol. The Bertz CT molecular complexity index is 749.